The van der Waals surface area contributed by atoms with Crippen LogP contribution < -0.4 is 5.32 Å². The highest BCUT2D eigenvalue weighted by Gasteiger charge is 2.51. The summed E-state index contributed by atoms with van der Waals surface area (Å²) in [5.74, 6) is 0.0668. The number of carbonyl (C=O) groups excluding carboxylic acids is 1. The number of nitrogens with one attached hydrogen (secondary N) is 1. The zero-order chi connectivity index (χ0) is 16.0. The van der Waals surface area contributed by atoms with Crippen LogP contribution in [0.1, 0.15) is 29.5 Å². The van der Waals surface area contributed by atoms with Crippen LogP contribution in [0.15, 0.2) is 42.5 Å². The monoisotopic (exact) mass is 322 g/mol. The molecular formula is C19H18N2OS. The van der Waals surface area contributed by atoms with E-state index in [0.29, 0.717) is 5.13 Å². The Hall–Kier alpha value is -2.20. The molecule has 1 aromatic heterocycles. The van der Waals surface area contributed by atoms with Crippen LogP contribution in [-0.2, 0) is 10.2 Å². The Morgan fingerprint density at radius 3 is 2.61 bits per heavy atom. The number of amides is 1. The number of benzene rings is 2. The lowest BCUT2D eigenvalue weighted by Crippen LogP contribution is -2.27. The predicted molar refractivity (Wildman–Crippen MR) is 95.1 cm³/mol. The van der Waals surface area contributed by atoms with Crippen LogP contribution in [0, 0.1) is 13.8 Å². The van der Waals surface area contributed by atoms with E-state index in [4.69, 9.17) is 0 Å². The van der Waals surface area contributed by atoms with Gasteiger partial charge in [-0.3, -0.25) is 4.79 Å². The highest BCUT2D eigenvalue weighted by atomic mass is 32.1. The first kappa shape index (κ1) is 14.4. The first-order chi connectivity index (χ1) is 11.1. The van der Waals surface area contributed by atoms with E-state index in [9.17, 15) is 4.79 Å². The molecule has 1 amide bonds. The number of hydrogen-bond acceptors (Lipinski definition) is 3. The van der Waals surface area contributed by atoms with Crippen LogP contribution >= 0.6 is 11.3 Å². The Morgan fingerprint density at radius 1 is 1.17 bits per heavy atom. The fraction of sp³-hybridized carbons (Fsp3) is 0.263. The van der Waals surface area contributed by atoms with Crippen LogP contribution in [0.5, 0.6) is 0 Å². The molecule has 1 heterocycles. The van der Waals surface area contributed by atoms with E-state index in [-0.39, 0.29) is 11.3 Å². The van der Waals surface area contributed by atoms with Crippen LogP contribution in [0.2, 0.25) is 0 Å². The van der Waals surface area contributed by atoms with Gasteiger partial charge in [0, 0.05) is 0 Å². The van der Waals surface area contributed by atoms with Gasteiger partial charge in [0.15, 0.2) is 5.13 Å². The van der Waals surface area contributed by atoms with Gasteiger partial charge in [0.25, 0.3) is 0 Å². The van der Waals surface area contributed by atoms with Crippen molar-refractivity contribution in [2.45, 2.75) is 32.1 Å². The second-order valence-electron chi connectivity index (χ2n) is 6.35. The molecule has 1 saturated carbocycles. The summed E-state index contributed by atoms with van der Waals surface area (Å²) in [6.45, 7) is 4.14. The normalized spacial score (nSPS) is 15.6. The van der Waals surface area contributed by atoms with Crippen LogP contribution in [0.25, 0.3) is 10.2 Å². The van der Waals surface area contributed by atoms with Gasteiger partial charge in [0.1, 0.15) is 0 Å². The van der Waals surface area contributed by atoms with Crippen LogP contribution in [0.3, 0.4) is 0 Å². The number of carbonyl (C=O) groups is 1. The van der Waals surface area contributed by atoms with Crippen LogP contribution in [0.4, 0.5) is 5.13 Å². The highest BCUT2D eigenvalue weighted by Crippen LogP contribution is 2.49. The Labute approximate surface area is 139 Å². The lowest BCUT2D eigenvalue weighted by Gasteiger charge is -2.14. The van der Waals surface area contributed by atoms with Crippen molar-refractivity contribution in [3.63, 3.8) is 0 Å². The summed E-state index contributed by atoms with van der Waals surface area (Å²) >= 11 is 1.55. The molecule has 0 atom stereocenters. The minimum atomic E-state index is -0.357. The fourth-order valence-electron chi connectivity index (χ4n) is 3.17. The summed E-state index contributed by atoms with van der Waals surface area (Å²) in [5.41, 5.74) is 4.11. The second kappa shape index (κ2) is 5.17. The number of aromatic nitrogens is 1. The first-order valence-electron chi connectivity index (χ1n) is 7.83. The molecule has 2 aromatic carbocycles. The van der Waals surface area contributed by atoms with Gasteiger partial charge < -0.3 is 5.32 Å². The van der Waals surface area contributed by atoms with Crippen molar-refractivity contribution in [1.29, 1.82) is 0 Å². The van der Waals surface area contributed by atoms with Gasteiger partial charge in [-0.15, -0.1) is 0 Å². The van der Waals surface area contributed by atoms with Crippen molar-refractivity contribution in [3.8, 4) is 0 Å². The van der Waals surface area contributed by atoms with E-state index < -0.39 is 0 Å². The third-order valence-corrected chi connectivity index (χ3v) is 5.48. The smallest absolute Gasteiger partial charge is 0.236 e. The van der Waals surface area contributed by atoms with Crippen molar-refractivity contribution in [1.82, 2.24) is 4.98 Å². The maximum atomic E-state index is 12.8. The molecule has 0 spiro atoms. The molecule has 1 N–H and O–H groups in total. The highest BCUT2D eigenvalue weighted by molar-refractivity contribution is 7.22. The molecule has 23 heavy (non-hydrogen) atoms. The molecular weight excluding hydrogens is 304 g/mol. The molecule has 4 rings (SSSR count). The van der Waals surface area contributed by atoms with Crippen LogP contribution in [-0.4, -0.2) is 10.9 Å². The molecule has 0 saturated heterocycles. The van der Waals surface area contributed by atoms with Gasteiger partial charge in [-0.2, -0.15) is 0 Å². The topological polar surface area (TPSA) is 42.0 Å². The second-order valence-corrected chi connectivity index (χ2v) is 7.38. The average Bonchev–Trinajstić information content (AvgIpc) is 3.25. The minimum Gasteiger partial charge on any atom is -0.301 e. The van der Waals surface area contributed by atoms with E-state index in [2.05, 4.69) is 36.3 Å². The number of fused-ring (bicyclic) bond motifs is 1. The molecule has 1 aliphatic rings. The van der Waals surface area contributed by atoms with Gasteiger partial charge >= 0.3 is 0 Å². The Bertz CT molecular complexity index is 894. The summed E-state index contributed by atoms with van der Waals surface area (Å²) in [6, 6.07) is 14.3. The summed E-state index contributed by atoms with van der Waals surface area (Å²) in [4.78, 5) is 17.4. The number of rotatable bonds is 3. The third-order valence-electron chi connectivity index (χ3n) is 4.56. The Morgan fingerprint density at radius 2 is 1.91 bits per heavy atom. The van der Waals surface area contributed by atoms with Crippen molar-refractivity contribution < 1.29 is 4.79 Å². The number of nitrogens with zero attached hydrogens (tertiary/aromatic N) is 1. The number of aryl methyl sites for hydroxylation is 2. The van der Waals surface area contributed by atoms with E-state index in [0.717, 1.165) is 34.2 Å². The largest absolute Gasteiger partial charge is 0.301 e. The quantitative estimate of drug-likeness (QED) is 0.766. The third kappa shape index (κ3) is 2.43. The molecule has 1 fully saturated rings. The fourth-order valence-corrected chi connectivity index (χ4v) is 4.21. The number of anilines is 1. The van der Waals surface area contributed by atoms with Gasteiger partial charge in [-0.25, -0.2) is 4.98 Å². The Kier molecular flexibility index (Phi) is 3.23. The van der Waals surface area contributed by atoms with E-state index in [1.807, 2.05) is 30.3 Å². The molecule has 3 aromatic rings. The molecule has 116 valence electrons. The van der Waals surface area contributed by atoms with Crippen molar-refractivity contribution in [2.24, 2.45) is 0 Å². The Balaban J connectivity index is 1.64. The van der Waals surface area contributed by atoms with Gasteiger partial charge in [0.2, 0.25) is 5.91 Å². The number of hydrogen-bond donors (Lipinski definition) is 1. The summed E-state index contributed by atoms with van der Waals surface area (Å²) < 4.78 is 1.13. The van der Waals surface area contributed by atoms with Crippen molar-refractivity contribution >= 4 is 32.6 Å². The molecule has 1 aliphatic carbocycles. The molecule has 0 bridgehead atoms. The standard InChI is InChI=1S/C19H18N2OS/c1-12-10-13(2)16-15(11-12)23-18(20-16)21-17(22)19(8-9-19)14-6-4-3-5-7-14/h3-7,10-11H,8-9H2,1-2H3,(H,20,21,22). The summed E-state index contributed by atoms with van der Waals surface area (Å²) in [5, 5.41) is 3.74. The van der Waals surface area contributed by atoms with E-state index in [1.165, 1.54) is 5.56 Å². The number of thiazole rings is 1. The van der Waals surface area contributed by atoms with E-state index >= 15 is 0 Å². The average molecular weight is 322 g/mol. The molecule has 0 aliphatic heterocycles. The summed E-state index contributed by atoms with van der Waals surface area (Å²) in [6.07, 6.45) is 1.82. The van der Waals surface area contributed by atoms with Crippen molar-refractivity contribution in [2.75, 3.05) is 5.32 Å². The zero-order valence-electron chi connectivity index (χ0n) is 13.2. The molecule has 0 unspecified atom stereocenters. The molecule has 3 nitrogen and oxygen atoms in total. The lowest BCUT2D eigenvalue weighted by molar-refractivity contribution is -0.118. The molecule has 4 heteroatoms. The minimum absolute atomic E-state index is 0.0668. The maximum absolute atomic E-state index is 12.8. The van der Waals surface area contributed by atoms with Gasteiger partial charge in [-0.1, -0.05) is 47.7 Å². The van der Waals surface area contributed by atoms with Crippen molar-refractivity contribution in [3.05, 3.63) is 59.2 Å². The van der Waals surface area contributed by atoms with Gasteiger partial charge in [-0.05, 0) is 49.4 Å². The molecule has 0 radical (unpaired) electrons. The van der Waals surface area contributed by atoms with Gasteiger partial charge in [0.05, 0.1) is 15.6 Å². The SMILES string of the molecule is Cc1cc(C)c2nc(NC(=O)C3(c4ccccc4)CC3)sc2c1. The van der Waals surface area contributed by atoms with E-state index in [1.54, 1.807) is 11.3 Å². The maximum Gasteiger partial charge on any atom is 0.236 e. The first-order valence-corrected chi connectivity index (χ1v) is 8.65. The lowest BCUT2D eigenvalue weighted by atomic mass is 9.95. The predicted octanol–water partition coefficient (Wildman–Crippen LogP) is 4.58. The zero-order valence-corrected chi connectivity index (χ0v) is 14.0. The summed E-state index contributed by atoms with van der Waals surface area (Å²) in [7, 11) is 0.